The zero-order chi connectivity index (χ0) is 24.3. The number of carbonyl (C=O) groups is 2. The molecule has 0 aliphatic carbocycles. The number of aromatic nitrogens is 5. The first-order chi connectivity index (χ1) is 16.2. The Balaban J connectivity index is 1.46. The highest BCUT2D eigenvalue weighted by atomic mass is 16.6. The molecule has 2 N–H and O–H groups in total. The Morgan fingerprint density at radius 1 is 1.29 bits per heavy atom. The largest absolute Gasteiger partial charge is 0.484 e. The van der Waals surface area contributed by atoms with Crippen molar-refractivity contribution in [3.63, 3.8) is 0 Å². The van der Waals surface area contributed by atoms with Crippen molar-refractivity contribution in [3.05, 3.63) is 48.2 Å². The number of hydrogen-bond donors (Lipinski definition) is 2. The van der Waals surface area contributed by atoms with Gasteiger partial charge in [0.05, 0.1) is 6.54 Å². The van der Waals surface area contributed by atoms with Crippen LogP contribution in [-0.4, -0.2) is 60.6 Å². The van der Waals surface area contributed by atoms with Gasteiger partial charge in [-0.25, -0.2) is 14.6 Å². The van der Waals surface area contributed by atoms with E-state index in [9.17, 15) is 14.7 Å². The molecule has 0 unspecified atom stereocenters. The number of tetrazole rings is 1. The number of aliphatic carboxylic acids is 1. The third-order valence-electron chi connectivity index (χ3n) is 4.68. The van der Waals surface area contributed by atoms with Crippen LogP contribution in [0.1, 0.15) is 32.4 Å². The van der Waals surface area contributed by atoms with Gasteiger partial charge >= 0.3 is 12.1 Å². The van der Waals surface area contributed by atoms with Crippen molar-refractivity contribution in [2.24, 2.45) is 0 Å². The fourth-order valence-electron chi connectivity index (χ4n) is 3.19. The summed E-state index contributed by atoms with van der Waals surface area (Å²) in [5.74, 6) is 0.0477. The molecule has 0 saturated heterocycles. The number of ether oxygens (including phenoxy) is 3. The van der Waals surface area contributed by atoms with Gasteiger partial charge in [0.1, 0.15) is 12.2 Å². The van der Waals surface area contributed by atoms with Crippen LogP contribution >= 0.6 is 0 Å². The number of rotatable bonds is 6. The molecule has 1 aliphatic rings. The Bertz CT molecular complexity index is 1190. The van der Waals surface area contributed by atoms with Gasteiger partial charge in [0.2, 0.25) is 5.82 Å². The lowest BCUT2D eigenvalue weighted by molar-refractivity contribution is -0.140. The van der Waals surface area contributed by atoms with E-state index < -0.39 is 23.7 Å². The molecule has 0 fully saturated rings. The maximum absolute atomic E-state index is 12.0. The molecule has 4 rings (SSSR count). The van der Waals surface area contributed by atoms with E-state index in [1.807, 2.05) is 18.2 Å². The summed E-state index contributed by atoms with van der Waals surface area (Å²) in [6.07, 6.45) is 0.413. The van der Waals surface area contributed by atoms with Gasteiger partial charge in [-0.2, -0.15) is 4.80 Å². The summed E-state index contributed by atoms with van der Waals surface area (Å²) >= 11 is 0. The molecule has 34 heavy (non-hydrogen) atoms. The average Bonchev–Trinajstić information content (AvgIpc) is 3.26. The Kier molecular flexibility index (Phi) is 6.30. The molecule has 2 atom stereocenters. The number of carboxylic acids is 1. The van der Waals surface area contributed by atoms with Crippen LogP contribution in [0.5, 0.6) is 11.6 Å². The predicted octanol–water partition coefficient (Wildman–Crippen LogP) is 2.23. The van der Waals surface area contributed by atoms with Crippen LogP contribution in [0.15, 0.2) is 42.6 Å². The highest BCUT2D eigenvalue weighted by Crippen LogP contribution is 2.34. The number of amides is 1. The number of carbonyl (C=O) groups excluding carboxylic acids is 1. The molecule has 2 aromatic heterocycles. The second kappa shape index (κ2) is 9.33. The van der Waals surface area contributed by atoms with Gasteiger partial charge in [-0.05, 0) is 49.7 Å². The molecule has 0 saturated carbocycles. The molecule has 3 heterocycles. The fourth-order valence-corrected chi connectivity index (χ4v) is 3.19. The van der Waals surface area contributed by atoms with Gasteiger partial charge in [0, 0.05) is 11.8 Å². The van der Waals surface area contributed by atoms with Crippen LogP contribution in [-0.2, 0) is 16.1 Å². The molecule has 178 valence electrons. The Hall–Kier alpha value is -4.22. The van der Waals surface area contributed by atoms with Crippen molar-refractivity contribution in [1.29, 1.82) is 0 Å². The summed E-state index contributed by atoms with van der Waals surface area (Å²) < 4.78 is 16.8. The highest BCUT2D eigenvalue weighted by Gasteiger charge is 2.26. The minimum absolute atomic E-state index is 0.233. The second-order valence-electron chi connectivity index (χ2n) is 8.55. The zero-order valence-electron chi connectivity index (χ0n) is 18.8. The van der Waals surface area contributed by atoms with Crippen LogP contribution in [0, 0.1) is 0 Å². The SMILES string of the molecule is CC(C)(C)OC(=O)N[C@@H](Cn1nnc(-c2cccc([C@@H]3COc4cccnc4O3)c2)n1)C(=O)O. The quantitative estimate of drug-likeness (QED) is 0.551. The topological polar surface area (TPSA) is 151 Å². The van der Waals surface area contributed by atoms with Crippen molar-refractivity contribution >= 4 is 12.1 Å². The van der Waals surface area contributed by atoms with Crippen LogP contribution in [0.2, 0.25) is 0 Å². The maximum atomic E-state index is 12.0. The van der Waals surface area contributed by atoms with E-state index in [1.165, 1.54) is 0 Å². The standard InChI is InChI=1S/C22H24N6O6/c1-22(2,3)34-21(31)24-15(20(29)30)11-28-26-18(25-27-28)14-7-4-6-13(10-14)17-12-32-16-8-5-9-23-19(16)33-17/h4-10,15,17H,11-12H2,1-3H3,(H,24,31)(H,29,30)/t15-,17-/m0/s1. The van der Waals surface area contributed by atoms with Crippen molar-refractivity contribution in [2.45, 2.75) is 45.1 Å². The predicted molar refractivity (Wildman–Crippen MR) is 117 cm³/mol. The van der Waals surface area contributed by atoms with Crippen molar-refractivity contribution in [2.75, 3.05) is 6.61 Å². The number of hydrogen-bond acceptors (Lipinski definition) is 9. The third kappa shape index (κ3) is 5.57. The molecule has 12 nitrogen and oxygen atoms in total. The van der Waals surface area contributed by atoms with E-state index in [2.05, 4.69) is 25.7 Å². The van der Waals surface area contributed by atoms with E-state index in [0.717, 1.165) is 10.4 Å². The van der Waals surface area contributed by atoms with E-state index in [-0.39, 0.29) is 12.6 Å². The highest BCUT2D eigenvalue weighted by molar-refractivity contribution is 5.79. The summed E-state index contributed by atoms with van der Waals surface area (Å²) in [4.78, 5) is 28.9. The summed E-state index contributed by atoms with van der Waals surface area (Å²) in [5.41, 5.74) is 0.730. The monoisotopic (exact) mass is 468 g/mol. The molecule has 1 aromatic carbocycles. The number of alkyl carbamates (subject to hydrolysis) is 1. The molecule has 0 bridgehead atoms. The van der Waals surface area contributed by atoms with Crippen molar-refractivity contribution in [3.8, 4) is 23.0 Å². The molecular formula is C22H24N6O6. The molecule has 1 aliphatic heterocycles. The minimum Gasteiger partial charge on any atom is -0.484 e. The number of nitrogens with zero attached hydrogens (tertiary/aromatic N) is 5. The molecular weight excluding hydrogens is 444 g/mol. The lowest BCUT2D eigenvalue weighted by Crippen LogP contribution is -2.46. The maximum Gasteiger partial charge on any atom is 0.408 e. The Labute approximate surface area is 194 Å². The summed E-state index contributed by atoms with van der Waals surface area (Å²) in [6.45, 7) is 5.13. The van der Waals surface area contributed by atoms with E-state index in [0.29, 0.717) is 29.6 Å². The van der Waals surface area contributed by atoms with Crippen molar-refractivity contribution < 1.29 is 28.9 Å². The molecule has 0 radical (unpaired) electrons. The Morgan fingerprint density at radius 2 is 2.12 bits per heavy atom. The minimum atomic E-state index is -1.30. The number of fused-ring (bicyclic) bond motifs is 1. The van der Waals surface area contributed by atoms with Crippen molar-refractivity contribution in [1.82, 2.24) is 30.5 Å². The smallest absolute Gasteiger partial charge is 0.408 e. The molecule has 3 aromatic rings. The molecule has 12 heteroatoms. The molecule has 0 spiro atoms. The van der Waals surface area contributed by atoms with E-state index in [1.54, 1.807) is 45.2 Å². The number of benzene rings is 1. The summed E-state index contributed by atoms with van der Waals surface area (Å²) in [5, 5.41) is 24.0. The van der Waals surface area contributed by atoms with Gasteiger partial charge in [0.25, 0.3) is 5.88 Å². The van der Waals surface area contributed by atoms with E-state index in [4.69, 9.17) is 14.2 Å². The number of carboxylic acid groups (broad SMARTS) is 1. The van der Waals surface area contributed by atoms with Gasteiger partial charge in [-0.3, -0.25) is 0 Å². The van der Waals surface area contributed by atoms with Gasteiger partial charge in [0.15, 0.2) is 17.9 Å². The first kappa shape index (κ1) is 23.0. The number of nitrogens with one attached hydrogen (secondary N) is 1. The van der Waals surface area contributed by atoms with Crippen LogP contribution in [0.3, 0.4) is 0 Å². The third-order valence-corrected chi connectivity index (χ3v) is 4.68. The first-order valence-electron chi connectivity index (χ1n) is 10.5. The normalized spacial score (nSPS) is 15.9. The zero-order valence-corrected chi connectivity index (χ0v) is 18.8. The van der Waals surface area contributed by atoms with Crippen LogP contribution < -0.4 is 14.8 Å². The molecule has 1 amide bonds. The lowest BCUT2D eigenvalue weighted by atomic mass is 10.1. The lowest BCUT2D eigenvalue weighted by Gasteiger charge is -2.25. The van der Waals surface area contributed by atoms with Gasteiger partial charge in [-0.1, -0.05) is 18.2 Å². The number of pyridine rings is 1. The summed E-state index contributed by atoms with van der Waals surface area (Å²) in [6, 6.07) is 9.62. The first-order valence-corrected chi connectivity index (χ1v) is 10.5. The Morgan fingerprint density at radius 3 is 2.88 bits per heavy atom. The second-order valence-corrected chi connectivity index (χ2v) is 8.55. The average molecular weight is 468 g/mol. The van der Waals surface area contributed by atoms with Gasteiger partial charge < -0.3 is 24.6 Å². The van der Waals surface area contributed by atoms with E-state index >= 15 is 0 Å². The fraction of sp³-hybridized carbons (Fsp3) is 0.364. The van der Waals surface area contributed by atoms with Crippen LogP contribution in [0.4, 0.5) is 4.79 Å². The van der Waals surface area contributed by atoms with Crippen LogP contribution in [0.25, 0.3) is 11.4 Å². The van der Waals surface area contributed by atoms with Gasteiger partial charge in [-0.15, -0.1) is 10.2 Å². The summed E-state index contributed by atoms with van der Waals surface area (Å²) in [7, 11) is 0.